The Hall–Kier alpha value is -3.47. The first-order chi connectivity index (χ1) is 21.1. The third-order valence-corrected chi connectivity index (χ3v) is 12.3. The molecule has 3 fully saturated rings. The number of ketones is 1. The number of hydrogen-bond donors (Lipinski definition) is 0. The number of ether oxygens (including phenoxy) is 1. The molecule has 222 valence electrons. The molecule has 7 nitrogen and oxygen atoms in total. The Balaban J connectivity index is 1.16. The maximum absolute atomic E-state index is 13.5. The molecule has 1 aliphatic heterocycles. The minimum atomic E-state index is -0.752. The molecule has 2 heterocycles. The number of halogens is 4. The number of carbonyl (C=O) groups is 4. The van der Waals surface area contributed by atoms with Crippen LogP contribution in [0.4, 0.5) is 10.1 Å². The zero-order valence-electron chi connectivity index (χ0n) is 22.8. The lowest BCUT2D eigenvalue weighted by Crippen LogP contribution is -2.37. The summed E-state index contributed by atoms with van der Waals surface area (Å²) < 4.78 is 18.6. The van der Waals surface area contributed by atoms with E-state index in [1.165, 1.54) is 17.0 Å². The second-order valence-corrected chi connectivity index (χ2v) is 13.8. The van der Waals surface area contributed by atoms with E-state index in [1.807, 2.05) is 0 Å². The smallest absolute Gasteiger partial charge is 0.339 e. The number of esters is 1. The third kappa shape index (κ3) is 4.78. The lowest BCUT2D eigenvalue weighted by atomic mass is 9.81. The molecule has 7 rings (SSSR count). The first-order valence-electron chi connectivity index (χ1n) is 13.9. The van der Waals surface area contributed by atoms with Crippen molar-refractivity contribution in [3.05, 3.63) is 94.8 Å². The number of fused-ring (bicyclic) bond motifs is 6. The van der Waals surface area contributed by atoms with Gasteiger partial charge in [0, 0.05) is 31.2 Å². The first-order valence-corrected chi connectivity index (χ1v) is 16.2. The average Bonchev–Trinajstić information content (AvgIpc) is 3.64. The van der Waals surface area contributed by atoms with Gasteiger partial charge in [0.05, 0.1) is 34.3 Å². The fourth-order valence-corrected chi connectivity index (χ4v) is 8.87. The van der Waals surface area contributed by atoms with Gasteiger partial charge in [-0.3, -0.25) is 19.3 Å². The highest BCUT2D eigenvalue weighted by molar-refractivity contribution is 9.12. The number of hydrogen-bond acceptors (Lipinski definition) is 6. The Kier molecular flexibility index (Phi) is 7.42. The van der Waals surface area contributed by atoms with Crippen molar-refractivity contribution >= 4 is 83.6 Å². The molecule has 1 saturated heterocycles. The van der Waals surface area contributed by atoms with Gasteiger partial charge in [-0.1, -0.05) is 55.6 Å². The molecule has 2 bridgehead atoms. The highest BCUT2D eigenvalue weighted by Gasteiger charge is 2.66. The fraction of sp³-hybridized carbons (Fsp3) is 0.242. The minimum absolute atomic E-state index is 0.120. The second kappa shape index (κ2) is 11.2. The van der Waals surface area contributed by atoms with Crippen molar-refractivity contribution in [2.45, 2.75) is 16.1 Å². The number of alkyl halides is 2. The maximum atomic E-state index is 13.5. The number of benzene rings is 3. The van der Waals surface area contributed by atoms with Crippen molar-refractivity contribution in [2.75, 3.05) is 11.5 Å². The summed E-state index contributed by atoms with van der Waals surface area (Å²) in [6, 6.07) is 18.4. The predicted octanol–water partition coefficient (Wildman–Crippen LogP) is 7.02. The standard InChI is InChI=1S/C33H22Br2ClFN2O5/c34-29-22-12-23(30(29)35)28-27(22)31(41)39(32(28)42)19-8-3-15(4-9-19)25-13-21(20-11-17(36)5-10-24(20)38-25)33(43)44-14-26(40)16-1-6-18(37)7-2-16/h1-11,13,22-23,27-30H,12,14H2. The summed E-state index contributed by atoms with van der Waals surface area (Å²) >= 11 is 13.7. The van der Waals surface area contributed by atoms with E-state index in [9.17, 15) is 23.6 Å². The number of amides is 2. The van der Waals surface area contributed by atoms with Gasteiger partial charge in [0.25, 0.3) is 0 Å². The number of anilines is 1. The van der Waals surface area contributed by atoms with Crippen LogP contribution in [0.25, 0.3) is 22.2 Å². The molecule has 1 aromatic heterocycles. The summed E-state index contributed by atoms with van der Waals surface area (Å²) in [5, 5.41) is 0.838. The minimum Gasteiger partial charge on any atom is -0.454 e. The number of pyridine rings is 1. The molecule has 2 amide bonds. The quantitative estimate of drug-likeness (QED) is 0.0914. The summed E-state index contributed by atoms with van der Waals surface area (Å²) in [5.74, 6) is -2.43. The molecule has 6 unspecified atom stereocenters. The van der Waals surface area contributed by atoms with Crippen LogP contribution < -0.4 is 4.90 Å². The molecule has 4 aromatic rings. The van der Waals surface area contributed by atoms with Gasteiger partial charge in [0.2, 0.25) is 11.8 Å². The monoisotopic (exact) mass is 738 g/mol. The summed E-state index contributed by atoms with van der Waals surface area (Å²) in [6.07, 6.45) is 0.857. The molecule has 3 aliphatic rings. The Morgan fingerprint density at radius 3 is 2.18 bits per heavy atom. The van der Waals surface area contributed by atoms with Gasteiger partial charge in [-0.15, -0.1) is 0 Å². The van der Waals surface area contributed by atoms with Crippen LogP contribution in [-0.2, 0) is 14.3 Å². The Labute approximate surface area is 273 Å². The van der Waals surface area contributed by atoms with Gasteiger partial charge in [0.15, 0.2) is 12.4 Å². The maximum Gasteiger partial charge on any atom is 0.339 e. The second-order valence-electron chi connectivity index (χ2n) is 11.3. The Morgan fingerprint density at radius 1 is 0.909 bits per heavy atom. The number of imide groups is 1. The van der Waals surface area contributed by atoms with Crippen molar-refractivity contribution in [1.82, 2.24) is 4.98 Å². The van der Waals surface area contributed by atoms with E-state index < -0.39 is 24.2 Å². The van der Waals surface area contributed by atoms with Crippen LogP contribution in [0, 0.1) is 29.5 Å². The van der Waals surface area contributed by atoms with E-state index in [2.05, 4.69) is 31.9 Å². The molecule has 3 aromatic carbocycles. The zero-order chi connectivity index (χ0) is 30.9. The lowest BCUT2D eigenvalue weighted by molar-refractivity contribution is -0.123. The van der Waals surface area contributed by atoms with Crippen molar-refractivity contribution < 1.29 is 28.3 Å². The normalized spacial score (nSPS) is 25.5. The molecular formula is C33H22Br2ClFN2O5. The molecule has 0 N–H and O–H groups in total. The molecular weight excluding hydrogens is 719 g/mol. The zero-order valence-corrected chi connectivity index (χ0v) is 26.7. The molecule has 2 saturated carbocycles. The largest absolute Gasteiger partial charge is 0.454 e. The van der Waals surface area contributed by atoms with Crippen LogP contribution in [0.3, 0.4) is 0 Å². The van der Waals surface area contributed by atoms with E-state index in [0.717, 1.165) is 18.6 Å². The summed E-state index contributed by atoms with van der Waals surface area (Å²) in [5.41, 5.74) is 2.43. The van der Waals surface area contributed by atoms with E-state index in [0.29, 0.717) is 32.9 Å². The van der Waals surface area contributed by atoms with Crippen LogP contribution in [0.15, 0.2) is 72.8 Å². The highest BCUT2D eigenvalue weighted by Crippen LogP contribution is 2.60. The van der Waals surface area contributed by atoms with Crippen molar-refractivity contribution in [3.63, 3.8) is 0 Å². The van der Waals surface area contributed by atoms with Gasteiger partial charge in [-0.25, -0.2) is 14.2 Å². The predicted molar refractivity (Wildman–Crippen MR) is 170 cm³/mol. The fourth-order valence-electron chi connectivity index (χ4n) is 6.83. The molecule has 0 radical (unpaired) electrons. The summed E-state index contributed by atoms with van der Waals surface area (Å²) in [4.78, 5) is 59.0. The average molecular weight is 741 g/mol. The van der Waals surface area contributed by atoms with E-state index in [4.69, 9.17) is 21.3 Å². The molecule has 44 heavy (non-hydrogen) atoms. The van der Waals surface area contributed by atoms with E-state index >= 15 is 0 Å². The third-order valence-electron chi connectivity index (χ3n) is 8.90. The van der Waals surface area contributed by atoms with Crippen LogP contribution in [0.1, 0.15) is 27.1 Å². The SMILES string of the molecule is O=C(COC(=O)c1cc(-c2ccc(N3C(=O)C4C5CC(C(Br)C5Br)C4C3=O)cc2)nc2ccc(Cl)cc12)c1ccc(F)cc1. The number of carbonyl (C=O) groups excluding carboxylic acids is 4. The van der Waals surface area contributed by atoms with Crippen molar-refractivity contribution in [2.24, 2.45) is 23.7 Å². The van der Waals surface area contributed by atoms with Crippen molar-refractivity contribution in [1.29, 1.82) is 0 Å². The first kappa shape index (κ1) is 29.3. The molecule has 11 heteroatoms. The lowest BCUT2D eigenvalue weighted by Gasteiger charge is -2.28. The number of nitrogens with zero attached hydrogens (tertiary/aromatic N) is 2. The van der Waals surface area contributed by atoms with Gasteiger partial charge >= 0.3 is 5.97 Å². The summed E-state index contributed by atoms with van der Waals surface area (Å²) in [7, 11) is 0. The number of aromatic nitrogens is 1. The van der Waals surface area contributed by atoms with Crippen LogP contribution >= 0.6 is 43.5 Å². The summed E-state index contributed by atoms with van der Waals surface area (Å²) in [6.45, 7) is -0.536. The number of rotatable bonds is 6. The Morgan fingerprint density at radius 2 is 1.55 bits per heavy atom. The van der Waals surface area contributed by atoms with Gasteiger partial charge in [0.1, 0.15) is 5.82 Å². The van der Waals surface area contributed by atoms with Crippen LogP contribution in [0.2, 0.25) is 5.02 Å². The van der Waals surface area contributed by atoms with E-state index in [1.54, 1.807) is 48.5 Å². The number of Topliss-reactive ketones (excluding diaryl/α,β-unsaturated/α-hetero) is 1. The van der Waals surface area contributed by atoms with Crippen molar-refractivity contribution in [3.8, 4) is 11.3 Å². The van der Waals surface area contributed by atoms with Crippen LogP contribution in [-0.4, -0.2) is 44.8 Å². The molecule has 6 atom stereocenters. The molecule has 2 aliphatic carbocycles. The van der Waals surface area contributed by atoms with Gasteiger partial charge in [-0.05, 0) is 78.9 Å². The Bertz CT molecular complexity index is 1840. The van der Waals surface area contributed by atoms with E-state index in [-0.39, 0.29) is 56.3 Å². The van der Waals surface area contributed by atoms with Gasteiger partial charge < -0.3 is 4.74 Å². The van der Waals surface area contributed by atoms with Gasteiger partial charge in [-0.2, -0.15) is 0 Å². The topological polar surface area (TPSA) is 93.6 Å². The molecule has 0 spiro atoms. The van der Waals surface area contributed by atoms with Crippen LogP contribution in [0.5, 0.6) is 0 Å². The highest BCUT2D eigenvalue weighted by atomic mass is 79.9.